The lowest BCUT2D eigenvalue weighted by Gasteiger charge is -2.11. The third kappa shape index (κ3) is 3.58. The van der Waals surface area contributed by atoms with Gasteiger partial charge < -0.3 is 5.32 Å². The topological polar surface area (TPSA) is 63.2 Å². The van der Waals surface area contributed by atoms with Crippen LogP contribution in [0.15, 0.2) is 29.7 Å². The highest BCUT2D eigenvalue weighted by Crippen LogP contribution is 2.24. The van der Waals surface area contributed by atoms with Crippen molar-refractivity contribution in [2.24, 2.45) is 5.92 Å². The van der Waals surface area contributed by atoms with Crippen LogP contribution in [0.5, 0.6) is 0 Å². The van der Waals surface area contributed by atoms with Crippen LogP contribution in [-0.4, -0.2) is 20.1 Å². The molecule has 0 bridgehead atoms. The van der Waals surface area contributed by atoms with Crippen LogP contribution in [-0.2, 0) is 14.6 Å². The van der Waals surface area contributed by atoms with E-state index in [0.29, 0.717) is 10.7 Å². The van der Waals surface area contributed by atoms with Gasteiger partial charge in [0, 0.05) is 28.5 Å². The van der Waals surface area contributed by atoms with E-state index < -0.39 is 9.84 Å². The third-order valence-electron chi connectivity index (χ3n) is 2.99. The Morgan fingerprint density at radius 2 is 2.21 bits per heavy atom. The van der Waals surface area contributed by atoms with Crippen molar-refractivity contribution in [1.29, 1.82) is 0 Å². The number of hydrogen-bond acceptors (Lipinski definition) is 3. The van der Waals surface area contributed by atoms with Gasteiger partial charge in [0.1, 0.15) is 0 Å². The molecule has 1 N–H and O–H groups in total. The predicted molar refractivity (Wildman–Crippen MR) is 75.9 cm³/mol. The Labute approximate surface area is 117 Å². The zero-order chi connectivity index (χ0) is 14.0. The van der Waals surface area contributed by atoms with Crippen LogP contribution < -0.4 is 5.32 Å². The van der Waals surface area contributed by atoms with E-state index >= 15 is 0 Å². The molecule has 2 rings (SSSR count). The van der Waals surface area contributed by atoms with Gasteiger partial charge in [0.2, 0.25) is 5.91 Å². The molecule has 1 unspecified atom stereocenters. The molecule has 1 atom stereocenters. The monoisotopic (exact) mass is 299 g/mol. The van der Waals surface area contributed by atoms with E-state index in [4.69, 9.17) is 11.6 Å². The summed E-state index contributed by atoms with van der Waals surface area (Å²) in [5.74, 6) is -0.448. The molecule has 1 heterocycles. The lowest BCUT2D eigenvalue weighted by atomic mass is 10.1. The molecule has 0 radical (unpaired) electrons. The van der Waals surface area contributed by atoms with Crippen LogP contribution in [0.4, 0.5) is 5.69 Å². The van der Waals surface area contributed by atoms with E-state index in [1.807, 2.05) is 6.92 Å². The molecule has 0 aromatic heterocycles. The highest BCUT2D eigenvalue weighted by Gasteiger charge is 2.23. The maximum absolute atomic E-state index is 11.9. The second-order valence-electron chi connectivity index (χ2n) is 4.58. The molecule has 0 fully saturated rings. The summed E-state index contributed by atoms with van der Waals surface area (Å²) in [7, 11) is -3.11. The lowest BCUT2D eigenvalue weighted by molar-refractivity contribution is -0.116. The number of nitrogens with one attached hydrogen (secondary N) is 1. The first-order chi connectivity index (χ1) is 8.87. The number of hydrogen-bond donors (Lipinski definition) is 1. The van der Waals surface area contributed by atoms with Crippen LogP contribution in [0.3, 0.4) is 0 Å². The van der Waals surface area contributed by atoms with Crippen molar-refractivity contribution in [2.45, 2.75) is 13.3 Å². The van der Waals surface area contributed by atoms with Gasteiger partial charge in [-0.2, -0.15) is 0 Å². The van der Waals surface area contributed by atoms with E-state index in [9.17, 15) is 13.2 Å². The molecule has 1 aromatic carbocycles. The maximum Gasteiger partial charge on any atom is 0.225 e. The number of halogens is 1. The van der Waals surface area contributed by atoms with Gasteiger partial charge in [-0.3, -0.25) is 4.79 Å². The van der Waals surface area contributed by atoms with Gasteiger partial charge >= 0.3 is 0 Å². The average Bonchev–Trinajstić information content (AvgIpc) is 2.64. The largest absolute Gasteiger partial charge is 0.326 e. The minimum atomic E-state index is -3.11. The van der Waals surface area contributed by atoms with E-state index in [0.717, 1.165) is 5.56 Å². The van der Waals surface area contributed by atoms with Crippen molar-refractivity contribution in [3.05, 3.63) is 40.3 Å². The maximum atomic E-state index is 11.9. The summed E-state index contributed by atoms with van der Waals surface area (Å²) in [6.07, 6.45) is 1.72. The first kappa shape index (κ1) is 14.1. The molecular formula is C13H14ClNO3S. The smallest absolute Gasteiger partial charge is 0.225 e. The summed E-state index contributed by atoms with van der Waals surface area (Å²) in [6, 6.07) is 5.27. The van der Waals surface area contributed by atoms with Crippen LogP contribution in [0, 0.1) is 12.8 Å². The third-order valence-corrected chi connectivity index (χ3v) is 4.87. The van der Waals surface area contributed by atoms with Crippen LogP contribution in [0.1, 0.15) is 12.0 Å². The van der Waals surface area contributed by atoms with Gasteiger partial charge in [-0.25, -0.2) is 8.42 Å². The van der Waals surface area contributed by atoms with E-state index in [-0.39, 0.29) is 24.0 Å². The molecular weight excluding hydrogens is 286 g/mol. The molecule has 0 saturated heterocycles. The van der Waals surface area contributed by atoms with Gasteiger partial charge in [-0.05, 0) is 24.6 Å². The first-order valence-corrected chi connectivity index (χ1v) is 7.92. The van der Waals surface area contributed by atoms with E-state index in [1.165, 1.54) is 5.41 Å². The average molecular weight is 300 g/mol. The van der Waals surface area contributed by atoms with Crippen molar-refractivity contribution in [3.63, 3.8) is 0 Å². The number of rotatable bonds is 3. The second kappa shape index (κ2) is 5.35. The molecule has 1 amide bonds. The quantitative estimate of drug-likeness (QED) is 0.933. The fourth-order valence-corrected chi connectivity index (χ4v) is 3.52. The van der Waals surface area contributed by atoms with E-state index in [1.54, 1.807) is 24.3 Å². The number of sulfone groups is 1. The number of anilines is 1. The van der Waals surface area contributed by atoms with Gasteiger partial charge in [0.15, 0.2) is 9.84 Å². The predicted octanol–water partition coefficient (Wildman–Crippen LogP) is 2.54. The Hall–Kier alpha value is -1.33. The normalized spacial score (nSPS) is 20.4. The van der Waals surface area contributed by atoms with Crippen molar-refractivity contribution in [3.8, 4) is 0 Å². The van der Waals surface area contributed by atoms with Crippen molar-refractivity contribution < 1.29 is 13.2 Å². The summed E-state index contributed by atoms with van der Waals surface area (Å²) < 4.78 is 22.5. The molecule has 1 aromatic rings. The summed E-state index contributed by atoms with van der Waals surface area (Å²) >= 11 is 5.96. The Balaban J connectivity index is 1.99. The molecule has 4 nitrogen and oxygen atoms in total. The van der Waals surface area contributed by atoms with Crippen molar-refractivity contribution >= 4 is 33.0 Å². The van der Waals surface area contributed by atoms with Gasteiger partial charge in [0.05, 0.1) is 5.75 Å². The lowest BCUT2D eigenvalue weighted by Crippen LogP contribution is -2.18. The molecule has 6 heteroatoms. The Morgan fingerprint density at radius 3 is 2.84 bits per heavy atom. The Bertz CT molecular complexity index is 637. The van der Waals surface area contributed by atoms with Crippen LogP contribution >= 0.6 is 11.6 Å². The fourth-order valence-electron chi connectivity index (χ4n) is 1.95. The zero-order valence-electron chi connectivity index (χ0n) is 10.4. The number of carbonyl (C=O) groups is 1. The number of benzene rings is 1. The summed E-state index contributed by atoms with van der Waals surface area (Å²) in [4.78, 5) is 11.9. The molecule has 0 aliphatic carbocycles. The van der Waals surface area contributed by atoms with Crippen molar-refractivity contribution in [1.82, 2.24) is 0 Å². The van der Waals surface area contributed by atoms with Crippen molar-refractivity contribution in [2.75, 3.05) is 11.1 Å². The summed E-state index contributed by atoms with van der Waals surface area (Å²) in [6.45, 7) is 1.82. The van der Waals surface area contributed by atoms with Gasteiger partial charge in [-0.15, -0.1) is 0 Å². The minimum absolute atomic E-state index is 0.00888. The van der Waals surface area contributed by atoms with Crippen LogP contribution in [0.25, 0.3) is 0 Å². The number of amides is 1. The Kier molecular flexibility index (Phi) is 3.96. The molecule has 19 heavy (non-hydrogen) atoms. The molecule has 1 aliphatic heterocycles. The first-order valence-electron chi connectivity index (χ1n) is 5.83. The zero-order valence-corrected chi connectivity index (χ0v) is 12.0. The standard InChI is InChI=1S/C13H14ClNO3S/c1-9-11(14)3-2-4-12(9)15-13(16)7-10-5-6-19(17,18)8-10/h2-6,10H,7-8H2,1H3,(H,15,16). The molecule has 1 aliphatic rings. The number of allylic oxidation sites excluding steroid dienone is 1. The SMILES string of the molecule is Cc1c(Cl)cccc1NC(=O)CC1C=CS(=O)(=O)C1. The molecule has 0 spiro atoms. The highest BCUT2D eigenvalue weighted by molar-refractivity contribution is 7.94. The van der Waals surface area contributed by atoms with Gasteiger partial charge in [0.25, 0.3) is 0 Å². The number of carbonyl (C=O) groups excluding carboxylic acids is 1. The Morgan fingerprint density at radius 1 is 1.47 bits per heavy atom. The molecule has 0 saturated carbocycles. The minimum Gasteiger partial charge on any atom is -0.326 e. The summed E-state index contributed by atoms with van der Waals surface area (Å²) in [5, 5.41) is 4.51. The van der Waals surface area contributed by atoms with Crippen LogP contribution in [0.2, 0.25) is 5.02 Å². The summed E-state index contributed by atoms with van der Waals surface area (Å²) in [5.41, 5.74) is 1.45. The van der Waals surface area contributed by atoms with E-state index in [2.05, 4.69) is 5.32 Å². The second-order valence-corrected chi connectivity index (χ2v) is 6.92. The van der Waals surface area contributed by atoms with Gasteiger partial charge in [-0.1, -0.05) is 23.7 Å². The highest BCUT2D eigenvalue weighted by atomic mass is 35.5. The molecule has 102 valence electrons. The fraction of sp³-hybridized carbons (Fsp3) is 0.308.